The van der Waals surface area contributed by atoms with E-state index in [1.54, 1.807) is 26.6 Å². The molecule has 0 saturated heterocycles. The molecule has 0 saturated carbocycles. The van der Waals surface area contributed by atoms with E-state index in [2.05, 4.69) is 9.97 Å². The minimum absolute atomic E-state index is 0. The molecule has 0 atom stereocenters. The van der Waals surface area contributed by atoms with Crippen LogP contribution in [-0.4, -0.2) is 38.3 Å². The predicted molar refractivity (Wildman–Crippen MR) is 122 cm³/mol. The molecule has 3 heterocycles. The van der Waals surface area contributed by atoms with Crippen molar-refractivity contribution in [3.63, 3.8) is 0 Å². The Bertz CT molecular complexity index is 1260. The molecule has 1 radical (unpaired) electrons. The Balaban J connectivity index is 0.00000162. The van der Waals surface area contributed by atoms with Gasteiger partial charge < -0.3 is 46.7 Å². The molecule has 3 aromatic heterocycles. The fourth-order valence-corrected chi connectivity index (χ4v) is 3.57. The first kappa shape index (κ1) is 31.0. The zero-order valence-corrected chi connectivity index (χ0v) is 22.6. The molecule has 5 aromatic rings. The first-order chi connectivity index (χ1) is 15.8. The van der Waals surface area contributed by atoms with Gasteiger partial charge in [-0.15, -0.1) is 0 Å². The minimum Gasteiger partial charge on any atom is -1.00 e. The van der Waals surface area contributed by atoms with Gasteiger partial charge in [0, 0.05) is 36.2 Å². The molecular weight excluding hydrogens is 565 g/mol. The Morgan fingerprint density at radius 2 is 0.972 bits per heavy atom. The number of ether oxygens (including phenoxy) is 2. The van der Waals surface area contributed by atoms with Crippen molar-refractivity contribution in [3.8, 4) is 45.9 Å². The minimum atomic E-state index is 0. The Morgan fingerprint density at radius 1 is 0.583 bits per heavy atom. The summed E-state index contributed by atoms with van der Waals surface area (Å²) in [5, 5.41) is 0. The summed E-state index contributed by atoms with van der Waals surface area (Å²) in [4.78, 5) is 14.0. The van der Waals surface area contributed by atoms with E-state index in [1.807, 2.05) is 88.3 Å². The maximum Gasteiger partial charge on any atom is 3.00 e. The summed E-state index contributed by atoms with van der Waals surface area (Å²) in [5.74, 6) is 3.11. The number of imidazole rings is 2. The summed E-state index contributed by atoms with van der Waals surface area (Å²) in [6.45, 7) is 0. The molecule has 0 aliphatic rings. The number of halogens is 3. The van der Waals surface area contributed by atoms with Crippen LogP contribution in [0.15, 0.2) is 91.5 Å². The van der Waals surface area contributed by atoms with Crippen molar-refractivity contribution < 1.29 is 63.8 Å². The van der Waals surface area contributed by atoms with Crippen LogP contribution in [0.5, 0.6) is 11.5 Å². The third-order valence-corrected chi connectivity index (χ3v) is 5.19. The van der Waals surface area contributed by atoms with Crippen LogP contribution in [0.4, 0.5) is 0 Å². The molecule has 0 fully saturated rings. The molecule has 0 aliphatic carbocycles. The van der Waals surface area contributed by atoms with Crippen LogP contribution in [0.1, 0.15) is 0 Å². The van der Waals surface area contributed by atoms with Crippen LogP contribution < -0.4 is 46.7 Å². The molecule has 0 bridgehead atoms. The Labute approximate surface area is 238 Å². The number of benzene rings is 2. The molecule has 0 aliphatic heterocycles. The second-order valence-corrected chi connectivity index (χ2v) is 7.05. The monoisotopic (exact) mass is 584 g/mol. The van der Waals surface area contributed by atoms with Gasteiger partial charge in [-0.3, -0.25) is 9.13 Å². The Morgan fingerprint density at radius 3 is 1.33 bits per heavy atom. The maximum absolute atomic E-state index is 5.27. The zero-order chi connectivity index (χ0) is 21.9. The molecule has 0 spiro atoms. The fourth-order valence-electron chi connectivity index (χ4n) is 3.57. The molecule has 187 valence electrons. The second-order valence-electron chi connectivity index (χ2n) is 7.05. The molecule has 7 nitrogen and oxygen atoms in total. The normalized spacial score (nSPS) is 9.61. The van der Waals surface area contributed by atoms with Gasteiger partial charge in [-0.05, 0) is 60.7 Å². The van der Waals surface area contributed by atoms with Gasteiger partial charge in [0.1, 0.15) is 22.9 Å². The van der Waals surface area contributed by atoms with E-state index in [0.717, 1.165) is 45.9 Å². The first-order valence-electron chi connectivity index (χ1n) is 10.1. The molecule has 0 unspecified atom stereocenters. The first-order valence-corrected chi connectivity index (χ1v) is 10.1. The van der Waals surface area contributed by atoms with E-state index < -0.39 is 0 Å². The summed E-state index contributed by atoms with van der Waals surface area (Å²) < 4.78 is 14.5. The molecule has 2 aromatic carbocycles. The van der Waals surface area contributed by atoms with Gasteiger partial charge >= 0.3 is 17.1 Å². The molecular formula is C25H21Cl3FeN5O2. The zero-order valence-electron chi connectivity index (χ0n) is 19.2. The van der Waals surface area contributed by atoms with E-state index >= 15 is 0 Å². The molecule has 0 N–H and O–H groups in total. The third kappa shape index (κ3) is 6.21. The van der Waals surface area contributed by atoms with Crippen molar-refractivity contribution in [3.05, 3.63) is 91.5 Å². The molecule has 36 heavy (non-hydrogen) atoms. The number of hydrogen-bond acceptors (Lipinski definition) is 5. The summed E-state index contributed by atoms with van der Waals surface area (Å²) >= 11 is 0. The molecule has 5 rings (SSSR count). The van der Waals surface area contributed by atoms with Crippen LogP contribution in [0.25, 0.3) is 34.4 Å². The van der Waals surface area contributed by atoms with Crippen LogP contribution in [-0.2, 0) is 17.1 Å². The Hall–Kier alpha value is -3.00. The SMILES string of the molecule is COc1ccc(-n2ccnc2-c2cccc(-c3nccn3-c3ccc(OC)cc3)n2)cc1.[Cl-].[Cl-].[Cl-].[Fe+3]. The van der Waals surface area contributed by atoms with Crippen molar-refractivity contribution in [2.75, 3.05) is 14.2 Å². The number of nitrogens with zero attached hydrogens (tertiary/aromatic N) is 5. The number of rotatable bonds is 6. The van der Waals surface area contributed by atoms with Crippen molar-refractivity contribution in [2.24, 2.45) is 0 Å². The summed E-state index contributed by atoms with van der Waals surface area (Å²) in [7, 11) is 3.31. The summed E-state index contributed by atoms with van der Waals surface area (Å²) in [6.07, 6.45) is 7.38. The second kappa shape index (κ2) is 13.9. The maximum atomic E-state index is 5.27. The smallest absolute Gasteiger partial charge is 1.00 e. The summed E-state index contributed by atoms with van der Waals surface area (Å²) in [5.41, 5.74) is 3.47. The van der Waals surface area contributed by atoms with Gasteiger partial charge in [0.25, 0.3) is 0 Å². The van der Waals surface area contributed by atoms with E-state index in [0.29, 0.717) is 0 Å². The van der Waals surface area contributed by atoms with Crippen LogP contribution in [0.2, 0.25) is 0 Å². The molecule has 11 heteroatoms. The van der Waals surface area contributed by atoms with Gasteiger partial charge in [-0.1, -0.05) is 6.07 Å². The van der Waals surface area contributed by atoms with Crippen LogP contribution >= 0.6 is 0 Å². The Kier molecular flexibility index (Phi) is 12.0. The number of hydrogen-bond donors (Lipinski definition) is 0. The van der Waals surface area contributed by atoms with E-state index in [1.165, 1.54) is 0 Å². The quantitative estimate of drug-likeness (QED) is 0.189. The fraction of sp³-hybridized carbons (Fsp3) is 0.0800. The van der Waals surface area contributed by atoms with E-state index in [4.69, 9.17) is 14.5 Å². The standard InChI is InChI=1S/C25H21N5O2.3ClH.Fe/c1-31-20-10-6-18(7-11-20)29-16-14-26-24(29)22-4-3-5-23(28-22)25-27-15-17-30(25)19-8-12-21(32-2)13-9-19;;;;/h3-17H,1-2H3;3*1H;/q;;;;+3/p-3. The van der Waals surface area contributed by atoms with Gasteiger partial charge in [0.15, 0.2) is 11.6 Å². The van der Waals surface area contributed by atoms with E-state index in [9.17, 15) is 0 Å². The molecule has 0 amide bonds. The van der Waals surface area contributed by atoms with Crippen molar-refractivity contribution in [2.45, 2.75) is 0 Å². The van der Waals surface area contributed by atoms with Crippen molar-refractivity contribution in [1.82, 2.24) is 24.1 Å². The number of pyridine rings is 1. The van der Waals surface area contributed by atoms with Crippen molar-refractivity contribution >= 4 is 0 Å². The van der Waals surface area contributed by atoms with Crippen LogP contribution in [0, 0.1) is 0 Å². The average molecular weight is 586 g/mol. The van der Waals surface area contributed by atoms with Gasteiger partial charge in [0.05, 0.1) is 14.2 Å². The van der Waals surface area contributed by atoms with Gasteiger partial charge in [0.2, 0.25) is 0 Å². The number of aromatic nitrogens is 5. The third-order valence-electron chi connectivity index (χ3n) is 5.19. The van der Waals surface area contributed by atoms with E-state index in [-0.39, 0.29) is 54.3 Å². The predicted octanol–water partition coefficient (Wildman–Crippen LogP) is -4.19. The van der Waals surface area contributed by atoms with Gasteiger partial charge in [-0.2, -0.15) is 0 Å². The largest absolute Gasteiger partial charge is 3.00 e. The topological polar surface area (TPSA) is 67.0 Å². The van der Waals surface area contributed by atoms with Gasteiger partial charge in [-0.25, -0.2) is 15.0 Å². The summed E-state index contributed by atoms with van der Waals surface area (Å²) in [6, 6.07) is 21.5. The number of methoxy groups -OCH3 is 2. The average Bonchev–Trinajstić information content (AvgIpc) is 3.54. The van der Waals surface area contributed by atoms with Crippen molar-refractivity contribution in [1.29, 1.82) is 0 Å². The van der Waals surface area contributed by atoms with Crippen LogP contribution in [0.3, 0.4) is 0 Å².